The molecule has 2 aliphatic heterocycles. The van der Waals surface area contributed by atoms with Crippen LogP contribution in [-0.4, -0.2) is 24.2 Å². The lowest BCUT2D eigenvalue weighted by Gasteiger charge is -2.34. The second kappa shape index (κ2) is 5.37. The van der Waals surface area contributed by atoms with E-state index < -0.39 is 5.66 Å². The SMILES string of the molecule is CC1(N)NC=C(c2ccccc2)c2cc(NC3COC3)ncc21. The van der Waals surface area contributed by atoms with E-state index in [9.17, 15) is 0 Å². The van der Waals surface area contributed by atoms with E-state index >= 15 is 0 Å². The van der Waals surface area contributed by atoms with Crippen LogP contribution in [0, 0.1) is 0 Å². The number of pyridine rings is 1. The van der Waals surface area contributed by atoms with Gasteiger partial charge in [-0.25, -0.2) is 4.98 Å². The summed E-state index contributed by atoms with van der Waals surface area (Å²) in [7, 11) is 0. The van der Waals surface area contributed by atoms with Crippen LogP contribution in [0.25, 0.3) is 5.57 Å². The highest BCUT2D eigenvalue weighted by Gasteiger charge is 2.30. The molecule has 118 valence electrons. The van der Waals surface area contributed by atoms with Crippen molar-refractivity contribution in [1.82, 2.24) is 10.3 Å². The average molecular weight is 308 g/mol. The average Bonchev–Trinajstić information content (AvgIpc) is 2.52. The third-order valence-corrected chi connectivity index (χ3v) is 4.34. The zero-order valence-corrected chi connectivity index (χ0v) is 13.0. The van der Waals surface area contributed by atoms with Gasteiger partial charge in [0.05, 0.1) is 19.3 Å². The molecule has 2 aromatic rings. The number of hydrogen-bond donors (Lipinski definition) is 3. The molecule has 4 rings (SSSR count). The number of nitrogens with two attached hydrogens (primary N) is 1. The van der Waals surface area contributed by atoms with Gasteiger partial charge in [0.25, 0.3) is 0 Å². The maximum Gasteiger partial charge on any atom is 0.126 e. The summed E-state index contributed by atoms with van der Waals surface area (Å²) in [6.07, 6.45) is 3.86. The van der Waals surface area contributed by atoms with Crippen LogP contribution in [0.5, 0.6) is 0 Å². The van der Waals surface area contributed by atoms with E-state index in [1.165, 1.54) is 0 Å². The van der Waals surface area contributed by atoms with Crippen molar-refractivity contribution in [3.63, 3.8) is 0 Å². The number of anilines is 1. The summed E-state index contributed by atoms with van der Waals surface area (Å²) in [5.74, 6) is 0.858. The second-order valence-electron chi connectivity index (χ2n) is 6.26. The highest BCUT2D eigenvalue weighted by Crippen LogP contribution is 2.34. The molecule has 0 bridgehead atoms. The molecule has 1 aromatic carbocycles. The number of benzene rings is 1. The fraction of sp³-hybridized carbons (Fsp3) is 0.278. The quantitative estimate of drug-likeness (QED) is 0.809. The Morgan fingerprint density at radius 1 is 1.30 bits per heavy atom. The largest absolute Gasteiger partial charge is 0.377 e. The van der Waals surface area contributed by atoms with Crippen molar-refractivity contribution in [1.29, 1.82) is 0 Å². The van der Waals surface area contributed by atoms with Crippen LogP contribution in [-0.2, 0) is 10.4 Å². The summed E-state index contributed by atoms with van der Waals surface area (Å²) in [6, 6.07) is 12.7. The molecule has 5 nitrogen and oxygen atoms in total. The summed E-state index contributed by atoms with van der Waals surface area (Å²) in [4.78, 5) is 4.52. The lowest BCUT2D eigenvalue weighted by Crippen LogP contribution is -2.48. The maximum atomic E-state index is 6.38. The van der Waals surface area contributed by atoms with Crippen molar-refractivity contribution in [3.8, 4) is 0 Å². The zero-order valence-electron chi connectivity index (χ0n) is 13.0. The standard InChI is InChI=1S/C18H20N4O/c1-18(19)16-9-20-17(22-13-10-23-11-13)7-14(16)15(8-21-18)12-5-3-2-4-6-12/h2-9,13,21H,10-11,19H2,1H3,(H,20,22). The van der Waals surface area contributed by atoms with Gasteiger partial charge >= 0.3 is 0 Å². The fourth-order valence-corrected chi connectivity index (χ4v) is 2.93. The van der Waals surface area contributed by atoms with Gasteiger partial charge in [0.15, 0.2) is 0 Å². The molecular weight excluding hydrogens is 288 g/mol. The van der Waals surface area contributed by atoms with Crippen LogP contribution in [0.1, 0.15) is 23.6 Å². The van der Waals surface area contributed by atoms with E-state index in [1.807, 2.05) is 37.5 Å². The molecule has 0 spiro atoms. The predicted molar refractivity (Wildman–Crippen MR) is 90.7 cm³/mol. The number of ether oxygens (including phenoxy) is 1. The first-order chi connectivity index (χ1) is 11.1. The zero-order chi connectivity index (χ0) is 15.9. The van der Waals surface area contributed by atoms with Crippen LogP contribution in [0.2, 0.25) is 0 Å². The van der Waals surface area contributed by atoms with Crippen LogP contribution >= 0.6 is 0 Å². The van der Waals surface area contributed by atoms with Gasteiger partial charge < -0.3 is 21.1 Å². The number of hydrogen-bond acceptors (Lipinski definition) is 5. The van der Waals surface area contributed by atoms with E-state index in [0.717, 1.165) is 41.3 Å². The van der Waals surface area contributed by atoms with Crippen molar-refractivity contribution in [2.45, 2.75) is 18.6 Å². The van der Waals surface area contributed by atoms with Gasteiger partial charge in [-0.3, -0.25) is 0 Å². The van der Waals surface area contributed by atoms with Gasteiger partial charge in [0.1, 0.15) is 11.5 Å². The van der Waals surface area contributed by atoms with Crippen molar-refractivity contribution < 1.29 is 4.74 Å². The molecule has 1 unspecified atom stereocenters. The van der Waals surface area contributed by atoms with E-state index in [1.54, 1.807) is 0 Å². The van der Waals surface area contributed by atoms with Gasteiger partial charge in [0.2, 0.25) is 0 Å². The van der Waals surface area contributed by atoms with E-state index in [0.29, 0.717) is 6.04 Å². The second-order valence-corrected chi connectivity index (χ2v) is 6.26. The lowest BCUT2D eigenvalue weighted by atomic mass is 9.87. The normalized spacial score (nSPS) is 23.3. The molecular formula is C18H20N4O. The number of nitrogens with zero attached hydrogens (tertiary/aromatic N) is 1. The molecule has 0 aliphatic carbocycles. The number of fused-ring (bicyclic) bond motifs is 1. The first kappa shape index (κ1) is 14.2. The Labute approximate surface area is 135 Å². The molecule has 2 aliphatic rings. The minimum atomic E-state index is -0.626. The van der Waals surface area contributed by atoms with Crippen molar-refractivity contribution in [2.75, 3.05) is 18.5 Å². The summed E-state index contributed by atoms with van der Waals surface area (Å²) < 4.78 is 5.21. The minimum absolute atomic E-state index is 0.343. The smallest absolute Gasteiger partial charge is 0.126 e. The number of nitrogens with one attached hydrogen (secondary N) is 2. The Kier molecular flexibility index (Phi) is 3.32. The third-order valence-electron chi connectivity index (χ3n) is 4.34. The monoisotopic (exact) mass is 308 g/mol. The highest BCUT2D eigenvalue weighted by atomic mass is 16.5. The molecule has 0 amide bonds. The Bertz CT molecular complexity index is 751. The number of rotatable bonds is 3. The van der Waals surface area contributed by atoms with Crippen molar-refractivity contribution in [3.05, 3.63) is 65.5 Å². The van der Waals surface area contributed by atoms with Gasteiger partial charge in [-0.15, -0.1) is 0 Å². The lowest BCUT2D eigenvalue weighted by molar-refractivity contribution is 0.0209. The molecule has 5 heteroatoms. The van der Waals surface area contributed by atoms with Gasteiger partial charge in [-0.2, -0.15) is 0 Å². The topological polar surface area (TPSA) is 72.2 Å². The predicted octanol–water partition coefficient (Wildman–Crippen LogP) is 2.02. The Hall–Kier alpha value is -2.37. The minimum Gasteiger partial charge on any atom is -0.377 e. The molecule has 0 radical (unpaired) electrons. The number of aromatic nitrogens is 1. The molecule has 4 N–H and O–H groups in total. The molecule has 1 aromatic heterocycles. The molecule has 0 saturated carbocycles. The van der Waals surface area contributed by atoms with Gasteiger partial charge in [0, 0.05) is 23.5 Å². The summed E-state index contributed by atoms with van der Waals surface area (Å²) in [6.45, 7) is 3.42. The van der Waals surface area contributed by atoms with Crippen LogP contribution < -0.4 is 16.4 Å². The fourth-order valence-electron chi connectivity index (χ4n) is 2.93. The van der Waals surface area contributed by atoms with Gasteiger partial charge in [-0.1, -0.05) is 30.3 Å². The van der Waals surface area contributed by atoms with E-state index in [-0.39, 0.29) is 0 Å². The van der Waals surface area contributed by atoms with Crippen molar-refractivity contribution >= 4 is 11.4 Å². The Balaban J connectivity index is 1.77. The van der Waals surface area contributed by atoms with Gasteiger partial charge in [-0.05, 0) is 24.1 Å². The van der Waals surface area contributed by atoms with Crippen LogP contribution in [0.4, 0.5) is 5.82 Å². The first-order valence-electron chi connectivity index (χ1n) is 7.81. The van der Waals surface area contributed by atoms with Crippen LogP contribution in [0.3, 0.4) is 0 Å². The summed E-state index contributed by atoms with van der Waals surface area (Å²) in [5, 5.41) is 6.68. The van der Waals surface area contributed by atoms with E-state index in [2.05, 4.69) is 33.8 Å². The molecule has 1 fully saturated rings. The summed E-state index contributed by atoms with van der Waals surface area (Å²) in [5.41, 5.74) is 10.1. The molecule has 1 saturated heterocycles. The Morgan fingerprint density at radius 2 is 2.09 bits per heavy atom. The first-order valence-corrected chi connectivity index (χ1v) is 7.81. The van der Waals surface area contributed by atoms with E-state index in [4.69, 9.17) is 10.5 Å². The molecule has 23 heavy (non-hydrogen) atoms. The summed E-state index contributed by atoms with van der Waals surface area (Å²) >= 11 is 0. The Morgan fingerprint density at radius 3 is 2.78 bits per heavy atom. The molecule has 3 heterocycles. The third kappa shape index (κ3) is 2.58. The highest BCUT2D eigenvalue weighted by molar-refractivity contribution is 5.83. The molecule has 1 atom stereocenters. The maximum absolute atomic E-state index is 6.38. The van der Waals surface area contributed by atoms with Crippen LogP contribution in [0.15, 0.2) is 48.8 Å². The van der Waals surface area contributed by atoms with Crippen molar-refractivity contribution in [2.24, 2.45) is 5.73 Å².